The Morgan fingerprint density at radius 2 is 2.12 bits per heavy atom. The summed E-state index contributed by atoms with van der Waals surface area (Å²) in [6, 6.07) is 0. The van der Waals surface area contributed by atoms with Gasteiger partial charge >= 0.3 is 0 Å². The van der Waals surface area contributed by atoms with Crippen LogP contribution in [0.2, 0.25) is 0 Å². The second-order valence-corrected chi connectivity index (χ2v) is 7.43. The van der Waals surface area contributed by atoms with Gasteiger partial charge in [-0.1, -0.05) is 20.8 Å². The third-order valence-corrected chi connectivity index (χ3v) is 7.01. The molecule has 4 rings (SSSR count). The van der Waals surface area contributed by atoms with E-state index in [4.69, 9.17) is 4.74 Å². The van der Waals surface area contributed by atoms with Crippen LogP contribution in [0.1, 0.15) is 47.0 Å². The van der Waals surface area contributed by atoms with E-state index < -0.39 is 0 Å². The molecule has 3 saturated carbocycles. The van der Waals surface area contributed by atoms with Gasteiger partial charge in [0.15, 0.2) is 0 Å². The van der Waals surface area contributed by atoms with Crippen molar-refractivity contribution in [3.8, 4) is 0 Å². The molecule has 94 valence electrons. The molecule has 1 heterocycles. The third kappa shape index (κ3) is 0.924. The van der Waals surface area contributed by atoms with Gasteiger partial charge in [0.25, 0.3) is 0 Å². The molecule has 0 amide bonds. The number of allylic oxidation sites excluding steroid dienone is 2. The quantitative estimate of drug-likeness (QED) is 0.613. The number of rotatable bonds is 0. The first-order valence-corrected chi connectivity index (χ1v) is 7.35. The fraction of sp³-hybridized carbons (Fsp3) is 0.875. The zero-order chi connectivity index (χ0) is 12.0. The van der Waals surface area contributed by atoms with Gasteiger partial charge in [-0.15, -0.1) is 0 Å². The van der Waals surface area contributed by atoms with Crippen LogP contribution in [0, 0.1) is 34.5 Å². The molecule has 17 heavy (non-hydrogen) atoms. The van der Waals surface area contributed by atoms with E-state index in [-0.39, 0.29) is 0 Å². The molecule has 0 radical (unpaired) electrons. The Kier molecular flexibility index (Phi) is 1.69. The van der Waals surface area contributed by atoms with Crippen LogP contribution in [0.4, 0.5) is 0 Å². The molecule has 0 bridgehead atoms. The molecule has 4 aliphatic rings. The lowest BCUT2D eigenvalue weighted by molar-refractivity contribution is -0.162. The van der Waals surface area contributed by atoms with Crippen molar-refractivity contribution in [2.75, 3.05) is 0 Å². The van der Waals surface area contributed by atoms with Gasteiger partial charge in [0.05, 0.1) is 5.76 Å². The summed E-state index contributed by atoms with van der Waals surface area (Å²) in [5.74, 6) is 5.08. The van der Waals surface area contributed by atoms with Crippen molar-refractivity contribution in [3.63, 3.8) is 0 Å². The molecule has 0 aromatic heterocycles. The second-order valence-electron chi connectivity index (χ2n) is 7.43. The normalized spacial score (nSPS) is 63.3. The SMILES string of the molecule is CC1=CC[C@@]2(C)C3C(C)C4C(C)[C@]43CC[C@@H]2O1. The molecule has 0 saturated heterocycles. The van der Waals surface area contributed by atoms with Crippen molar-refractivity contribution < 1.29 is 4.74 Å². The van der Waals surface area contributed by atoms with E-state index in [1.807, 2.05) is 0 Å². The fourth-order valence-corrected chi connectivity index (χ4v) is 6.47. The first-order chi connectivity index (χ1) is 8.02. The first kappa shape index (κ1) is 10.5. The average molecular weight is 232 g/mol. The minimum atomic E-state index is 0.429. The molecule has 0 N–H and O–H groups in total. The molecule has 7 atom stereocenters. The monoisotopic (exact) mass is 232 g/mol. The Hall–Kier alpha value is -0.460. The minimum Gasteiger partial charge on any atom is -0.495 e. The van der Waals surface area contributed by atoms with Crippen molar-refractivity contribution in [1.82, 2.24) is 0 Å². The summed E-state index contributed by atoms with van der Waals surface area (Å²) < 4.78 is 6.15. The number of hydrogen-bond donors (Lipinski definition) is 0. The highest BCUT2D eigenvalue weighted by molar-refractivity contribution is 5.30. The minimum absolute atomic E-state index is 0.429. The number of fused-ring (bicyclic) bond motifs is 2. The van der Waals surface area contributed by atoms with Crippen LogP contribution < -0.4 is 0 Å². The Morgan fingerprint density at radius 3 is 2.82 bits per heavy atom. The largest absolute Gasteiger partial charge is 0.495 e. The van der Waals surface area contributed by atoms with Crippen LogP contribution in [-0.4, -0.2) is 6.10 Å². The first-order valence-electron chi connectivity index (χ1n) is 7.35. The summed E-state index contributed by atoms with van der Waals surface area (Å²) in [6.45, 7) is 9.62. The predicted molar refractivity (Wildman–Crippen MR) is 68.3 cm³/mol. The van der Waals surface area contributed by atoms with E-state index in [1.165, 1.54) is 19.3 Å². The molecule has 1 heteroatoms. The van der Waals surface area contributed by atoms with Gasteiger partial charge in [0.2, 0.25) is 0 Å². The Labute approximate surface area is 105 Å². The highest BCUT2D eigenvalue weighted by atomic mass is 16.5. The van der Waals surface area contributed by atoms with Crippen LogP contribution in [0.15, 0.2) is 11.8 Å². The number of hydrogen-bond acceptors (Lipinski definition) is 1. The number of ether oxygens (including phenoxy) is 1. The summed E-state index contributed by atoms with van der Waals surface area (Å²) in [5, 5.41) is 0. The van der Waals surface area contributed by atoms with Crippen LogP contribution >= 0.6 is 0 Å². The van der Waals surface area contributed by atoms with E-state index >= 15 is 0 Å². The molecular weight excluding hydrogens is 208 g/mol. The highest BCUT2D eigenvalue weighted by Crippen LogP contribution is 2.85. The fourth-order valence-electron chi connectivity index (χ4n) is 6.47. The molecule has 3 aliphatic carbocycles. The lowest BCUT2D eigenvalue weighted by Gasteiger charge is -2.60. The van der Waals surface area contributed by atoms with Crippen molar-refractivity contribution in [2.24, 2.45) is 34.5 Å². The van der Waals surface area contributed by atoms with Crippen molar-refractivity contribution in [1.29, 1.82) is 0 Å². The predicted octanol–water partition coefficient (Wildman–Crippen LogP) is 4.00. The van der Waals surface area contributed by atoms with Gasteiger partial charge < -0.3 is 4.74 Å². The van der Waals surface area contributed by atoms with E-state index in [2.05, 4.69) is 33.8 Å². The maximum atomic E-state index is 6.15. The molecule has 3 fully saturated rings. The van der Waals surface area contributed by atoms with E-state index in [1.54, 1.807) is 0 Å². The molecule has 0 aromatic carbocycles. The van der Waals surface area contributed by atoms with Gasteiger partial charge in [0, 0.05) is 5.41 Å². The van der Waals surface area contributed by atoms with Crippen molar-refractivity contribution >= 4 is 0 Å². The topological polar surface area (TPSA) is 9.23 Å². The summed E-state index contributed by atoms with van der Waals surface area (Å²) in [5.41, 5.74) is 1.17. The molecule has 1 aliphatic heterocycles. The maximum Gasteiger partial charge on any atom is 0.104 e. The zero-order valence-corrected chi connectivity index (χ0v) is 11.5. The van der Waals surface area contributed by atoms with Gasteiger partial charge in [-0.3, -0.25) is 0 Å². The highest BCUT2D eigenvalue weighted by Gasteiger charge is 2.81. The van der Waals surface area contributed by atoms with E-state index in [0.29, 0.717) is 11.5 Å². The van der Waals surface area contributed by atoms with Gasteiger partial charge in [0.1, 0.15) is 6.10 Å². The van der Waals surface area contributed by atoms with Crippen molar-refractivity contribution in [3.05, 3.63) is 11.8 Å². The Morgan fingerprint density at radius 1 is 1.35 bits per heavy atom. The summed E-state index contributed by atoms with van der Waals surface area (Å²) >= 11 is 0. The Balaban J connectivity index is 1.73. The maximum absolute atomic E-state index is 6.15. The molecule has 0 aromatic rings. The van der Waals surface area contributed by atoms with Crippen LogP contribution in [-0.2, 0) is 4.74 Å². The summed E-state index contributed by atoms with van der Waals surface area (Å²) in [7, 11) is 0. The Bertz CT molecular complexity index is 412. The average Bonchev–Trinajstić information content (AvgIpc) is 2.77. The standard InChI is InChI=1S/C16H24O/c1-9-5-7-15(4)12(17-9)6-8-16-11(3)13(16)10(2)14(15)16/h5,10-14H,6-8H2,1-4H3/t10?,11?,12-,13?,14?,15+,16+/m0/s1. The van der Waals surface area contributed by atoms with E-state index in [9.17, 15) is 0 Å². The molecular formula is C16H24O. The summed E-state index contributed by atoms with van der Waals surface area (Å²) in [6.07, 6.45) is 6.81. The molecule has 1 spiro atoms. The summed E-state index contributed by atoms with van der Waals surface area (Å²) in [4.78, 5) is 0. The molecule has 4 unspecified atom stereocenters. The lowest BCUT2D eigenvalue weighted by atomic mass is 9.46. The van der Waals surface area contributed by atoms with E-state index in [0.717, 1.165) is 34.8 Å². The van der Waals surface area contributed by atoms with Gasteiger partial charge in [-0.05, 0) is 61.3 Å². The molecule has 1 nitrogen and oxygen atoms in total. The lowest BCUT2D eigenvalue weighted by Crippen LogP contribution is -2.57. The zero-order valence-electron chi connectivity index (χ0n) is 11.5. The van der Waals surface area contributed by atoms with Gasteiger partial charge in [-0.25, -0.2) is 0 Å². The van der Waals surface area contributed by atoms with Crippen LogP contribution in [0.5, 0.6) is 0 Å². The smallest absolute Gasteiger partial charge is 0.104 e. The van der Waals surface area contributed by atoms with Crippen molar-refractivity contribution in [2.45, 2.75) is 53.1 Å². The van der Waals surface area contributed by atoms with Crippen LogP contribution in [0.25, 0.3) is 0 Å². The third-order valence-electron chi connectivity index (χ3n) is 7.01. The van der Waals surface area contributed by atoms with Crippen LogP contribution in [0.3, 0.4) is 0 Å². The second kappa shape index (κ2) is 2.75. The van der Waals surface area contributed by atoms with Gasteiger partial charge in [-0.2, -0.15) is 0 Å².